The first-order valence-electron chi connectivity index (χ1n) is 9.69. The molecule has 7 nitrogen and oxygen atoms in total. The maximum absolute atomic E-state index is 4.75. The average Bonchev–Trinajstić information content (AvgIpc) is 3.38. The Bertz CT molecular complexity index is 799. The van der Waals surface area contributed by atoms with Gasteiger partial charge in [0, 0.05) is 48.8 Å². The van der Waals surface area contributed by atoms with E-state index in [1.165, 1.54) is 5.69 Å². The largest absolute Gasteiger partial charge is 0.369 e. The lowest BCUT2D eigenvalue weighted by molar-refractivity contribution is 0.643. The predicted molar refractivity (Wildman–Crippen MR) is 111 cm³/mol. The van der Waals surface area contributed by atoms with Crippen LogP contribution in [0.1, 0.15) is 31.4 Å². The predicted octanol–water partition coefficient (Wildman–Crippen LogP) is 2.32. The molecule has 0 saturated carbocycles. The van der Waals surface area contributed by atoms with Crippen molar-refractivity contribution < 1.29 is 0 Å². The second-order valence-corrected chi connectivity index (χ2v) is 7.95. The van der Waals surface area contributed by atoms with Crippen molar-refractivity contribution in [2.24, 2.45) is 4.99 Å². The van der Waals surface area contributed by atoms with Gasteiger partial charge in [-0.2, -0.15) is 0 Å². The smallest absolute Gasteiger partial charge is 0.191 e. The van der Waals surface area contributed by atoms with Gasteiger partial charge in [0.05, 0.1) is 0 Å². The number of aryl methyl sites for hydroxylation is 1. The van der Waals surface area contributed by atoms with Crippen LogP contribution in [-0.2, 0) is 19.5 Å². The minimum absolute atomic E-state index is 0.385. The highest BCUT2D eigenvalue weighted by Gasteiger charge is 2.23. The molecule has 1 fully saturated rings. The minimum Gasteiger partial charge on any atom is -0.369 e. The highest BCUT2D eigenvalue weighted by Crippen LogP contribution is 2.22. The molecule has 0 radical (unpaired) electrons. The Morgan fingerprint density at radius 3 is 2.93 bits per heavy atom. The van der Waals surface area contributed by atoms with E-state index in [-0.39, 0.29) is 0 Å². The highest BCUT2D eigenvalue weighted by molar-refractivity contribution is 9.10. The molecule has 1 atom stereocenters. The lowest BCUT2D eigenvalue weighted by Crippen LogP contribution is -2.44. The third-order valence-corrected chi connectivity index (χ3v) is 5.66. The molecule has 27 heavy (non-hydrogen) atoms. The van der Waals surface area contributed by atoms with Gasteiger partial charge in [-0.3, -0.25) is 0 Å². The molecule has 2 aliphatic heterocycles. The second-order valence-electron chi connectivity index (χ2n) is 7.04. The van der Waals surface area contributed by atoms with E-state index >= 15 is 0 Å². The van der Waals surface area contributed by atoms with Crippen molar-refractivity contribution in [1.82, 2.24) is 25.4 Å². The Morgan fingerprint density at radius 1 is 1.26 bits per heavy atom. The first-order valence-corrected chi connectivity index (χ1v) is 10.5. The summed E-state index contributed by atoms with van der Waals surface area (Å²) in [6, 6.07) is 8.91. The number of hydrogen-bond acceptors (Lipinski definition) is 4. The van der Waals surface area contributed by atoms with Gasteiger partial charge in [-0.1, -0.05) is 15.9 Å². The maximum atomic E-state index is 4.75. The summed E-state index contributed by atoms with van der Waals surface area (Å²) in [4.78, 5) is 7.17. The lowest BCUT2D eigenvalue weighted by Gasteiger charge is -2.20. The van der Waals surface area contributed by atoms with Crippen molar-refractivity contribution in [1.29, 1.82) is 0 Å². The topological polar surface area (TPSA) is 70.4 Å². The number of nitrogens with one attached hydrogen (secondary N) is 2. The molecule has 2 N–H and O–H groups in total. The quantitative estimate of drug-likeness (QED) is 0.561. The number of hydrogen-bond donors (Lipinski definition) is 2. The molecule has 1 aromatic carbocycles. The van der Waals surface area contributed by atoms with Crippen LogP contribution in [0.3, 0.4) is 0 Å². The molecule has 144 valence electrons. The summed E-state index contributed by atoms with van der Waals surface area (Å²) in [5.41, 5.74) is 1.27. The fraction of sp³-hybridized carbons (Fsp3) is 0.526. The number of guanidine groups is 1. The fourth-order valence-electron chi connectivity index (χ4n) is 3.76. The molecule has 4 rings (SSSR count). The van der Waals surface area contributed by atoms with Crippen molar-refractivity contribution in [3.05, 3.63) is 40.4 Å². The number of anilines is 1. The summed E-state index contributed by atoms with van der Waals surface area (Å²) in [6.45, 7) is 6.54. The maximum Gasteiger partial charge on any atom is 0.191 e. The molecule has 0 amide bonds. The number of aliphatic imine (C=N–C) groups is 1. The minimum atomic E-state index is 0.385. The normalized spacial score (nSPS) is 19.4. The first kappa shape index (κ1) is 18.3. The molecule has 2 aromatic rings. The van der Waals surface area contributed by atoms with Crippen molar-refractivity contribution in [3.63, 3.8) is 0 Å². The highest BCUT2D eigenvalue weighted by atomic mass is 79.9. The lowest BCUT2D eigenvalue weighted by atomic mass is 10.3. The van der Waals surface area contributed by atoms with Crippen LogP contribution in [0.2, 0.25) is 0 Å². The van der Waals surface area contributed by atoms with Crippen LogP contribution in [0, 0.1) is 0 Å². The Kier molecular flexibility index (Phi) is 5.61. The van der Waals surface area contributed by atoms with Gasteiger partial charge in [0.25, 0.3) is 0 Å². The summed E-state index contributed by atoms with van der Waals surface area (Å²) in [5, 5.41) is 15.5. The Balaban J connectivity index is 1.37. The molecule has 1 saturated heterocycles. The van der Waals surface area contributed by atoms with Crippen molar-refractivity contribution >= 4 is 27.6 Å². The van der Waals surface area contributed by atoms with E-state index in [4.69, 9.17) is 4.99 Å². The van der Waals surface area contributed by atoms with E-state index in [1.54, 1.807) is 0 Å². The molecule has 2 aliphatic rings. The van der Waals surface area contributed by atoms with Crippen molar-refractivity contribution in [2.45, 2.75) is 45.3 Å². The summed E-state index contributed by atoms with van der Waals surface area (Å²) in [7, 11) is 0. The molecule has 0 spiro atoms. The first-order chi connectivity index (χ1) is 13.2. The van der Waals surface area contributed by atoms with Gasteiger partial charge in [-0.05, 0) is 44.0 Å². The number of aromatic nitrogens is 3. The van der Waals surface area contributed by atoms with Gasteiger partial charge in [-0.15, -0.1) is 10.2 Å². The second kappa shape index (κ2) is 8.29. The summed E-state index contributed by atoms with van der Waals surface area (Å²) in [5.74, 6) is 2.91. The van der Waals surface area contributed by atoms with E-state index in [1.807, 2.05) is 0 Å². The zero-order chi connectivity index (χ0) is 18.6. The van der Waals surface area contributed by atoms with Gasteiger partial charge in [0.15, 0.2) is 11.8 Å². The van der Waals surface area contributed by atoms with Crippen LogP contribution in [0.25, 0.3) is 0 Å². The molecule has 3 heterocycles. The van der Waals surface area contributed by atoms with E-state index in [9.17, 15) is 0 Å². The summed E-state index contributed by atoms with van der Waals surface area (Å²) in [6.07, 6.45) is 3.29. The zero-order valence-corrected chi connectivity index (χ0v) is 17.2. The fourth-order valence-corrected chi connectivity index (χ4v) is 4.02. The Morgan fingerprint density at radius 2 is 2.11 bits per heavy atom. The molecule has 0 bridgehead atoms. The third-order valence-electron chi connectivity index (χ3n) is 5.13. The van der Waals surface area contributed by atoms with E-state index in [2.05, 4.69) is 77.4 Å². The van der Waals surface area contributed by atoms with Crippen LogP contribution in [-0.4, -0.2) is 46.4 Å². The standard InChI is InChI=1S/C19H26BrN7/c1-2-21-19(22-12-18-25-24-17-4-3-10-27(17)18)23-15-9-11-26(13-15)16-7-5-14(20)6-8-16/h5-8,15H,2-4,9-13H2,1H3,(H2,21,22,23). The summed E-state index contributed by atoms with van der Waals surface area (Å²) < 4.78 is 3.32. The van der Waals surface area contributed by atoms with Crippen LogP contribution < -0.4 is 15.5 Å². The molecular formula is C19H26BrN7. The van der Waals surface area contributed by atoms with Gasteiger partial charge in [-0.25, -0.2) is 4.99 Å². The molecule has 1 aromatic heterocycles. The molecule has 1 unspecified atom stereocenters. The van der Waals surface area contributed by atoms with Gasteiger partial charge >= 0.3 is 0 Å². The van der Waals surface area contributed by atoms with Crippen LogP contribution in [0.15, 0.2) is 33.7 Å². The average molecular weight is 432 g/mol. The summed E-state index contributed by atoms with van der Waals surface area (Å²) >= 11 is 3.50. The number of halogens is 1. The van der Waals surface area contributed by atoms with Crippen LogP contribution >= 0.6 is 15.9 Å². The van der Waals surface area contributed by atoms with Crippen LogP contribution in [0.4, 0.5) is 5.69 Å². The molecule has 0 aliphatic carbocycles. The zero-order valence-electron chi connectivity index (χ0n) is 15.7. The Labute approximate surface area is 168 Å². The van der Waals surface area contributed by atoms with Gasteiger partial charge in [0.1, 0.15) is 12.4 Å². The number of benzene rings is 1. The van der Waals surface area contributed by atoms with Gasteiger partial charge in [0.2, 0.25) is 0 Å². The Hall–Kier alpha value is -2.09. The number of nitrogens with zero attached hydrogens (tertiary/aromatic N) is 5. The number of rotatable bonds is 5. The van der Waals surface area contributed by atoms with Crippen molar-refractivity contribution in [2.75, 3.05) is 24.5 Å². The molecule has 8 heteroatoms. The van der Waals surface area contributed by atoms with E-state index < -0.39 is 0 Å². The molecular weight excluding hydrogens is 406 g/mol. The monoisotopic (exact) mass is 431 g/mol. The van der Waals surface area contributed by atoms with E-state index in [0.29, 0.717) is 12.6 Å². The van der Waals surface area contributed by atoms with E-state index in [0.717, 1.165) is 67.5 Å². The van der Waals surface area contributed by atoms with Gasteiger partial charge < -0.3 is 20.1 Å². The SMILES string of the molecule is CCNC(=NCc1nnc2n1CCC2)NC1CCN(c2ccc(Br)cc2)C1. The number of fused-ring (bicyclic) bond motifs is 1. The van der Waals surface area contributed by atoms with Crippen molar-refractivity contribution in [3.8, 4) is 0 Å². The van der Waals surface area contributed by atoms with Crippen LogP contribution in [0.5, 0.6) is 0 Å². The third kappa shape index (κ3) is 4.26.